The third kappa shape index (κ3) is 17.1. The smallest absolute Gasteiger partial charge is 0.434 e. The number of aliphatic hydroxyl groups is 1. The molecule has 0 saturated carbocycles. The first-order chi connectivity index (χ1) is 23.8. The van der Waals surface area contributed by atoms with E-state index in [0.29, 0.717) is 0 Å². The molecule has 3 amide bonds. The first kappa shape index (κ1) is 50.9. The Bertz CT molecular complexity index is 1190. The predicted octanol–water partition coefficient (Wildman–Crippen LogP) is 7.80. The molecule has 2 heterocycles. The van der Waals surface area contributed by atoms with E-state index in [1.165, 1.54) is 11.9 Å². The maximum Gasteiger partial charge on any atom is 0.434 e. The van der Waals surface area contributed by atoms with Crippen LogP contribution >= 0.6 is 0 Å². The van der Waals surface area contributed by atoms with Crippen LogP contribution in [0.5, 0.6) is 0 Å². The second kappa shape index (κ2) is 18.2. The Balaban J connectivity index is 0.000000902. The lowest BCUT2D eigenvalue weighted by molar-refractivity contribution is -0.309. The summed E-state index contributed by atoms with van der Waals surface area (Å²) in [6.45, 7) is 16.1. The van der Waals surface area contributed by atoms with Crippen molar-refractivity contribution in [1.82, 2.24) is 20.0 Å². The standard InChI is InChI=1S/C16H24F6N2O4.C12H24N2O2.C3H2F6O/c1-13(2,3)28-11(25)23(5)14(4)6-8-24(9-7-14)12(26)27-10(15(17,18)19)16(20,21)22;1-11(2,3)16-10(15)14(5)12(4)6-8-13-9-7-12;4-2(5,6)1(10)3(7,8)9/h10H,6-9H2,1-5H3;13H,6-9H2,1-5H3;1,10H. The number of carbonyl (C=O) groups excluding carboxylic acids is 3. The van der Waals surface area contributed by atoms with Crippen LogP contribution in [0.25, 0.3) is 0 Å². The number of alkyl halides is 12. The van der Waals surface area contributed by atoms with Crippen molar-refractivity contribution >= 4 is 18.3 Å². The van der Waals surface area contributed by atoms with Crippen LogP contribution in [-0.2, 0) is 14.2 Å². The summed E-state index contributed by atoms with van der Waals surface area (Å²) in [6, 6.07) is 0. The fraction of sp³-hybridized carbons (Fsp3) is 0.903. The summed E-state index contributed by atoms with van der Waals surface area (Å²) >= 11 is 0. The number of likely N-dealkylation sites (tertiary alicyclic amines) is 1. The lowest BCUT2D eigenvalue weighted by Gasteiger charge is -2.44. The Morgan fingerprint density at radius 3 is 1.20 bits per heavy atom. The number of nitrogens with one attached hydrogen (secondary N) is 1. The van der Waals surface area contributed by atoms with Crippen LogP contribution in [-0.4, -0.2) is 138 Å². The maximum absolute atomic E-state index is 12.5. The van der Waals surface area contributed by atoms with Gasteiger partial charge in [0.2, 0.25) is 6.10 Å². The van der Waals surface area contributed by atoms with Crippen LogP contribution in [0.3, 0.4) is 0 Å². The van der Waals surface area contributed by atoms with Gasteiger partial charge in [0.05, 0.1) is 0 Å². The highest BCUT2D eigenvalue weighted by atomic mass is 19.4. The number of hydrogen-bond donors (Lipinski definition) is 2. The molecule has 0 aliphatic carbocycles. The summed E-state index contributed by atoms with van der Waals surface area (Å²) in [7, 11) is 3.31. The molecule has 320 valence electrons. The van der Waals surface area contributed by atoms with Gasteiger partial charge in [-0.15, -0.1) is 0 Å². The molecule has 0 spiro atoms. The molecule has 0 radical (unpaired) electrons. The molecule has 2 aliphatic heterocycles. The minimum absolute atomic E-state index is 0.0758. The van der Waals surface area contributed by atoms with E-state index in [9.17, 15) is 67.1 Å². The van der Waals surface area contributed by atoms with Crippen molar-refractivity contribution in [2.45, 2.75) is 140 Å². The lowest BCUT2D eigenvalue weighted by atomic mass is 9.88. The van der Waals surface area contributed by atoms with Crippen molar-refractivity contribution in [3.63, 3.8) is 0 Å². The van der Waals surface area contributed by atoms with E-state index in [2.05, 4.69) is 17.0 Å². The quantitative estimate of drug-likeness (QED) is 0.219. The number of carbonyl (C=O) groups is 3. The first-order valence-corrected chi connectivity index (χ1v) is 16.3. The van der Waals surface area contributed by atoms with Crippen molar-refractivity contribution in [3.05, 3.63) is 0 Å². The minimum atomic E-state index is -5.77. The monoisotopic (exact) mass is 818 g/mol. The van der Waals surface area contributed by atoms with Gasteiger partial charge < -0.3 is 39.3 Å². The average molecular weight is 819 g/mol. The summed E-state index contributed by atoms with van der Waals surface area (Å²) in [5.41, 5.74) is -2.02. The van der Waals surface area contributed by atoms with Crippen LogP contribution in [0.15, 0.2) is 0 Å². The number of aliphatic hydroxyl groups excluding tert-OH is 1. The molecule has 2 rings (SSSR count). The molecule has 2 saturated heterocycles. The van der Waals surface area contributed by atoms with Crippen LogP contribution < -0.4 is 5.32 Å². The summed E-state index contributed by atoms with van der Waals surface area (Å²) in [4.78, 5) is 39.8. The summed E-state index contributed by atoms with van der Waals surface area (Å²) in [5.74, 6) is 0. The molecule has 0 unspecified atom stereocenters. The number of hydrogen-bond acceptors (Lipinski definition) is 8. The van der Waals surface area contributed by atoms with Crippen LogP contribution in [0.4, 0.5) is 67.1 Å². The topological polar surface area (TPSA) is 121 Å². The van der Waals surface area contributed by atoms with Crippen molar-refractivity contribution in [3.8, 4) is 0 Å². The van der Waals surface area contributed by atoms with E-state index in [1.54, 1.807) is 32.6 Å². The van der Waals surface area contributed by atoms with Gasteiger partial charge in [-0.2, -0.15) is 52.7 Å². The largest absolute Gasteiger partial charge is 0.444 e. The highest BCUT2D eigenvalue weighted by molar-refractivity contribution is 5.70. The predicted molar refractivity (Wildman–Crippen MR) is 168 cm³/mol. The van der Waals surface area contributed by atoms with Crippen molar-refractivity contribution in [2.24, 2.45) is 0 Å². The second-order valence-electron chi connectivity index (χ2n) is 15.1. The SMILES string of the molecule is CN(C(=O)OC(C)(C)C)C1(C)CCN(C(=O)OC(C(F)(F)F)C(F)(F)F)CC1.CN(C(=O)OC(C)(C)C)C1(C)CCNCC1.OC(C(F)(F)F)C(F)(F)F. The molecule has 0 aromatic carbocycles. The first-order valence-electron chi connectivity index (χ1n) is 16.3. The highest BCUT2D eigenvalue weighted by Crippen LogP contribution is 2.37. The number of amides is 3. The summed E-state index contributed by atoms with van der Waals surface area (Å²) < 4.78 is 155. The zero-order valence-corrected chi connectivity index (χ0v) is 31.6. The van der Waals surface area contributed by atoms with Crippen molar-refractivity contribution < 1.29 is 86.4 Å². The van der Waals surface area contributed by atoms with E-state index in [4.69, 9.17) is 14.6 Å². The molecule has 0 bridgehead atoms. The Morgan fingerprint density at radius 1 is 0.630 bits per heavy atom. The second-order valence-corrected chi connectivity index (χ2v) is 15.1. The molecule has 2 fully saturated rings. The number of piperidine rings is 2. The zero-order valence-electron chi connectivity index (χ0n) is 31.6. The van der Waals surface area contributed by atoms with Gasteiger partial charge in [0.25, 0.3) is 6.10 Å². The molecule has 54 heavy (non-hydrogen) atoms. The third-order valence-electron chi connectivity index (χ3n) is 8.17. The zero-order chi connectivity index (χ0) is 43.1. The fourth-order valence-electron chi connectivity index (χ4n) is 4.59. The van der Waals surface area contributed by atoms with Crippen LogP contribution in [0, 0.1) is 0 Å². The van der Waals surface area contributed by atoms with E-state index < -0.39 is 65.8 Å². The van der Waals surface area contributed by atoms with Crippen LogP contribution in [0.1, 0.15) is 81.1 Å². The van der Waals surface area contributed by atoms with Gasteiger partial charge in [-0.05, 0) is 94.2 Å². The van der Waals surface area contributed by atoms with Crippen LogP contribution in [0.2, 0.25) is 0 Å². The van der Waals surface area contributed by atoms with Gasteiger partial charge in [-0.3, -0.25) is 0 Å². The van der Waals surface area contributed by atoms with Gasteiger partial charge in [0.15, 0.2) is 0 Å². The normalized spacial score (nSPS) is 18.1. The Labute approximate surface area is 305 Å². The Kier molecular flexibility index (Phi) is 17.2. The minimum Gasteiger partial charge on any atom is -0.444 e. The van der Waals surface area contributed by atoms with E-state index in [0.717, 1.165) is 30.8 Å². The van der Waals surface area contributed by atoms with Gasteiger partial charge >= 0.3 is 43.0 Å². The van der Waals surface area contributed by atoms with E-state index >= 15 is 0 Å². The molecular weight excluding hydrogens is 768 g/mol. The maximum atomic E-state index is 12.5. The number of halogens is 12. The molecule has 0 aromatic rings. The molecule has 2 aliphatic rings. The van der Waals surface area contributed by atoms with E-state index in [1.807, 2.05) is 27.8 Å². The molecule has 0 aromatic heterocycles. The van der Waals surface area contributed by atoms with Gasteiger partial charge in [0.1, 0.15) is 11.2 Å². The molecular formula is C31H50F12N4O7. The average Bonchev–Trinajstić information content (AvgIpc) is 2.96. The van der Waals surface area contributed by atoms with Gasteiger partial charge in [0, 0.05) is 38.3 Å². The Morgan fingerprint density at radius 2 is 0.944 bits per heavy atom. The number of ether oxygens (including phenoxy) is 3. The Hall–Kier alpha value is -3.11. The fourth-order valence-corrected chi connectivity index (χ4v) is 4.59. The number of rotatable bonds is 3. The van der Waals surface area contributed by atoms with Crippen molar-refractivity contribution in [1.29, 1.82) is 0 Å². The summed E-state index contributed by atoms with van der Waals surface area (Å²) in [5, 5.41) is 10.8. The number of nitrogens with zero attached hydrogens (tertiary/aromatic N) is 3. The summed E-state index contributed by atoms with van der Waals surface area (Å²) in [6.07, 6.45) is -31.6. The highest BCUT2D eigenvalue weighted by Gasteiger charge is 2.60. The third-order valence-corrected chi connectivity index (χ3v) is 8.17. The molecule has 0 atom stereocenters. The van der Waals surface area contributed by atoms with Gasteiger partial charge in [-0.25, -0.2) is 14.4 Å². The molecule has 2 N–H and O–H groups in total. The van der Waals surface area contributed by atoms with Gasteiger partial charge in [-0.1, -0.05) is 0 Å². The lowest BCUT2D eigenvalue weighted by Crippen LogP contribution is -2.56. The molecule has 11 nitrogen and oxygen atoms in total. The van der Waals surface area contributed by atoms with E-state index in [-0.39, 0.29) is 37.6 Å². The van der Waals surface area contributed by atoms with Crippen molar-refractivity contribution in [2.75, 3.05) is 40.3 Å². The molecule has 23 heteroatoms.